The van der Waals surface area contributed by atoms with Crippen molar-refractivity contribution in [1.29, 1.82) is 0 Å². The molecule has 2 aliphatic rings. The van der Waals surface area contributed by atoms with E-state index in [2.05, 4.69) is 39.2 Å². The van der Waals surface area contributed by atoms with E-state index in [9.17, 15) is 39.5 Å². The van der Waals surface area contributed by atoms with Gasteiger partial charge >= 0.3 is 36.4 Å². The molecule has 2 aliphatic heterocycles. The molecule has 3 aromatic heterocycles. The number of aromatic nitrogens is 4. The predicted octanol–water partition coefficient (Wildman–Crippen LogP) is 5.00. The Kier molecular flexibility index (Phi) is 13.9. The van der Waals surface area contributed by atoms with Gasteiger partial charge in [0.2, 0.25) is 0 Å². The highest BCUT2D eigenvalue weighted by Gasteiger charge is 2.39. The summed E-state index contributed by atoms with van der Waals surface area (Å²) in [5.74, 6) is -6.80. The van der Waals surface area contributed by atoms with Crippen molar-refractivity contribution < 1.29 is 69.2 Å². The first-order valence-corrected chi connectivity index (χ1v) is 13.8. The van der Waals surface area contributed by atoms with Crippen molar-refractivity contribution in [3.63, 3.8) is 0 Å². The van der Waals surface area contributed by atoms with Crippen LogP contribution < -0.4 is 4.90 Å². The minimum atomic E-state index is -5.08. The highest BCUT2D eigenvalue weighted by molar-refractivity contribution is 5.73. The first-order chi connectivity index (χ1) is 22.2. The van der Waals surface area contributed by atoms with Crippen molar-refractivity contribution in [2.24, 2.45) is 0 Å². The Morgan fingerprint density at radius 3 is 1.71 bits per heavy atom. The van der Waals surface area contributed by atoms with Gasteiger partial charge in [-0.1, -0.05) is 6.07 Å². The summed E-state index contributed by atoms with van der Waals surface area (Å²) in [6.45, 7) is 5.48. The van der Waals surface area contributed by atoms with Crippen molar-refractivity contribution in [3.8, 4) is 0 Å². The summed E-state index contributed by atoms with van der Waals surface area (Å²) >= 11 is 0. The topological polar surface area (TPSA) is 161 Å². The Morgan fingerprint density at radius 2 is 1.27 bits per heavy atom. The maximum Gasteiger partial charge on any atom is 0.490 e. The van der Waals surface area contributed by atoms with Gasteiger partial charge in [-0.25, -0.2) is 23.9 Å². The van der Waals surface area contributed by atoms with E-state index in [0.717, 1.165) is 57.0 Å². The third-order valence-electron chi connectivity index (χ3n) is 6.61. The maximum absolute atomic E-state index is 10.6. The maximum atomic E-state index is 10.6. The zero-order valence-corrected chi connectivity index (χ0v) is 24.6. The number of pyridine rings is 2. The fraction of sp³-hybridized carbons (Fsp3) is 0.481. The SMILES string of the molecule is O=C(O)C(F)(F)F.O=C(O)C(F)(F)F.O=C(O)C(F)(F)F.c1cncc(CN2CCC(c3nc4ccc(N5CCCC5)cn4n3)CC2)c1. The number of hydrogen-bond donors (Lipinski definition) is 3. The van der Waals surface area contributed by atoms with Crippen LogP contribution >= 0.6 is 0 Å². The van der Waals surface area contributed by atoms with E-state index in [4.69, 9.17) is 39.8 Å². The van der Waals surface area contributed by atoms with Gasteiger partial charge in [-0.15, -0.1) is 0 Å². The smallest absolute Gasteiger partial charge is 0.475 e. The van der Waals surface area contributed by atoms with Crippen molar-refractivity contribution in [1.82, 2.24) is 24.5 Å². The van der Waals surface area contributed by atoms with Gasteiger partial charge in [0.1, 0.15) is 0 Å². The molecule has 0 atom stereocenters. The Bertz CT molecular complexity index is 1430. The summed E-state index contributed by atoms with van der Waals surface area (Å²) in [4.78, 5) is 40.7. The van der Waals surface area contributed by atoms with Crippen LogP contribution in [0.2, 0.25) is 0 Å². The van der Waals surface area contributed by atoms with E-state index in [0.29, 0.717) is 5.92 Å². The lowest BCUT2D eigenvalue weighted by Gasteiger charge is -2.30. The van der Waals surface area contributed by atoms with Crippen LogP contribution in [0.15, 0.2) is 42.9 Å². The summed E-state index contributed by atoms with van der Waals surface area (Å²) in [7, 11) is 0. The number of halogens is 9. The highest BCUT2D eigenvalue weighted by Crippen LogP contribution is 2.28. The summed E-state index contributed by atoms with van der Waals surface area (Å²) in [6, 6.07) is 8.47. The summed E-state index contributed by atoms with van der Waals surface area (Å²) in [6.07, 6.45) is -4.48. The van der Waals surface area contributed by atoms with Crippen LogP contribution in [0.25, 0.3) is 5.65 Å². The van der Waals surface area contributed by atoms with Crippen LogP contribution in [-0.4, -0.2) is 102 Å². The van der Waals surface area contributed by atoms with Gasteiger partial charge in [0, 0.05) is 37.9 Å². The second-order valence-electron chi connectivity index (χ2n) is 10.2. The lowest BCUT2D eigenvalue weighted by atomic mass is 9.96. The second kappa shape index (κ2) is 16.9. The van der Waals surface area contributed by atoms with Gasteiger partial charge in [0.05, 0.1) is 11.9 Å². The molecule has 0 unspecified atom stereocenters. The number of nitrogens with zero attached hydrogens (tertiary/aromatic N) is 6. The molecular formula is C27H29F9N6O6. The van der Waals surface area contributed by atoms with Gasteiger partial charge in [-0.2, -0.15) is 44.6 Å². The predicted molar refractivity (Wildman–Crippen MR) is 147 cm³/mol. The van der Waals surface area contributed by atoms with E-state index in [-0.39, 0.29) is 0 Å². The lowest BCUT2D eigenvalue weighted by molar-refractivity contribution is -0.193. The zero-order chi connectivity index (χ0) is 36.3. The Morgan fingerprint density at radius 1 is 0.771 bits per heavy atom. The molecule has 0 aromatic carbocycles. The molecule has 3 aromatic rings. The molecule has 12 nitrogen and oxygen atoms in total. The fourth-order valence-corrected chi connectivity index (χ4v) is 4.32. The minimum Gasteiger partial charge on any atom is -0.475 e. The molecule has 5 heterocycles. The number of rotatable bonds is 4. The van der Waals surface area contributed by atoms with E-state index in [1.165, 1.54) is 24.1 Å². The second-order valence-corrected chi connectivity index (χ2v) is 10.2. The highest BCUT2D eigenvalue weighted by atomic mass is 19.4. The number of fused-ring (bicyclic) bond motifs is 1. The lowest BCUT2D eigenvalue weighted by Crippen LogP contribution is -2.32. The van der Waals surface area contributed by atoms with Crippen LogP contribution in [0.1, 0.15) is 43.0 Å². The molecule has 0 saturated carbocycles. The Balaban J connectivity index is 0.000000313. The van der Waals surface area contributed by atoms with Crippen molar-refractivity contribution >= 4 is 29.2 Å². The van der Waals surface area contributed by atoms with Crippen LogP contribution in [-0.2, 0) is 20.9 Å². The third-order valence-corrected chi connectivity index (χ3v) is 6.61. The van der Waals surface area contributed by atoms with Crippen molar-refractivity contribution in [3.05, 3.63) is 54.2 Å². The van der Waals surface area contributed by atoms with Gasteiger partial charge in [-0.05, 0) is 62.5 Å². The number of carbonyl (C=O) groups is 3. The molecule has 48 heavy (non-hydrogen) atoms. The zero-order valence-electron chi connectivity index (χ0n) is 24.6. The normalized spacial score (nSPS) is 15.7. The van der Waals surface area contributed by atoms with E-state index in [1.807, 2.05) is 23.0 Å². The Labute approximate surface area is 265 Å². The molecule has 2 fully saturated rings. The van der Waals surface area contributed by atoms with Crippen LogP contribution in [0.5, 0.6) is 0 Å². The van der Waals surface area contributed by atoms with Crippen LogP contribution in [0, 0.1) is 0 Å². The molecule has 3 N–H and O–H groups in total. The summed E-state index contributed by atoms with van der Waals surface area (Å²) in [5, 5.41) is 26.2. The van der Waals surface area contributed by atoms with E-state index in [1.54, 1.807) is 0 Å². The molecule has 5 rings (SSSR count). The van der Waals surface area contributed by atoms with Gasteiger partial charge in [0.15, 0.2) is 11.5 Å². The Hall–Kier alpha value is -4.69. The molecule has 0 bridgehead atoms. The minimum absolute atomic E-state index is 0.463. The summed E-state index contributed by atoms with van der Waals surface area (Å²) in [5.41, 5.74) is 3.52. The molecule has 0 radical (unpaired) electrons. The fourth-order valence-electron chi connectivity index (χ4n) is 4.32. The number of likely N-dealkylation sites (tertiary alicyclic amines) is 1. The molecular weight excluding hydrogens is 675 g/mol. The largest absolute Gasteiger partial charge is 0.490 e. The number of alkyl halides is 9. The van der Waals surface area contributed by atoms with Gasteiger partial charge < -0.3 is 20.2 Å². The van der Waals surface area contributed by atoms with Crippen LogP contribution in [0.4, 0.5) is 45.2 Å². The molecule has 0 amide bonds. The molecule has 21 heteroatoms. The van der Waals surface area contributed by atoms with E-state index < -0.39 is 36.4 Å². The monoisotopic (exact) mass is 704 g/mol. The number of carboxylic acids is 3. The third kappa shape index (κ3) is 13.2. The first-order valence-electron chi connectivity index (χ1n) is 13.8. The number of aliphatic carboxylic acids is 3. The average molecular weight is 705 g/mol. The quantitative estimate of drug-likeness (QED) is 0.314. The van der Waals surface area contributed by atoms with Crippen molar-refractivity contribution in [2.45, 2.75) is 56.7 Å². The molecule has 0 aliphatic carbocycles. The summed E-state index contributed by atoms with van der Waals surface area (Å²) < 4.78 is 97.2. The van der Waals surface area contributed by atoms with Crippen molar-refractivity contribution in [2.75, 3.05) is 31.1 Å². The van der Waals surface area contributed by atoms with Crippen LogP contribution in [0.3, 0.4) is 0 Å². The first kappa shape index (κ1) is 39.5. The molecule has 2 saturated heterocycles. The number of hydrogen-bond acceptors (Lipinski definition) is 8. The molecule has 0 spiro atoms. The number of carboxylic acid groups (broad SMARTS) is 3. The number of piperidine rings is 1. The van der Waals surface area contributed by atoms with Gasteiger partial charge in [0.25, 0.3) is 0 Å². The van der Waals surface area contributed by atoms with Gasteiger partial charge in [-0.3, -0.25) is 9.88 Å². The van der Waals surface area contributed by atoms with E-state index >= 15 is 0 Å². The molecule has 266 valence electrons. The standard InChI is InChI=1S/C21H26N6.3C2HF3O2/c1-2-11-26(10-1)19-5-6-20-23-21(24-27(20)16-19)18-7-12-25(13-8-18)15-17-4-3-9-22-14-17;3*3-2(4,5)1(6)7/h3-6,9,14,16,18H,1-2,7-8,10-13,15H2;3*(H,6,7). The average Bonchev–Trinajstić information content (AvgIpc) is 3.68. The number of anilines is 1.